The van der Waals surface area contributed by atoms with Gasteiger partial charge < -0.3 is 19.5 Å². The van der Waals surface area contributed by atoms with Gasteiger partial charge in [0.05, 0.1) is 36.0 Å². The summed E-state index contributed by atoms with van der Waals surface area (Å²) in [5.74, 6) is -0.696. The van der Waals surface area contributed by atoms with Crippen molar-refractivity contribution in [1.82, 2.24) is 19.8 Å². The van der Waals surface area contributed by atoms with Crippen molar-refractivity contribution in [3.63, 3.8) is 0 Å². The molecular weight excluding hydrogens is 571 g/mol. The van der Waals surface area contributed by atoms with Crippen LogP contribution < -0.4 is 0 Å². The Balaban J connectivity index is 1.54. The lowest BCUT2D eigenvalue weighted by molar-refractivity contribution is -0.149. The molecule has 1 aromatic heterocycles. The number of piperidine rings is 1. The van der Waals surface area contributed by atoms with Crippen molar-refractivity contribution in [3.8, 4) is 0 Å². The number of carbonyl (C=O) groups excluding carboxylic acids is 1. The van der Waals surface area contributed by atoms with Crippen LogP contribution in [0.5, 0.6) is 0 Å². The molecule has 1 N–H and O–H groups in total. The fourth-order valence-electron chi connectivity index (χ4n) is 6.85. The Morgan fingerprint density at radius 2 is 1.86 bits per heavy atom. The van der Waals surface area contributed by atoms with Gasteiger partial charge in [0, 0.05) is 29.6 Å². The summed E-state index contributed by atoms with van der Waals surface area (Å²) in [6, 6.07) is 10.0. The third-order valence-corrected chi connectivity index (χ3v) is 9.56. The number of nitrogens with zero attached hydrogens (tertiary/aromatic N) is 4. The van der Waals surface area contributed by atoms with Gasteiger partial charge in [-0.2, -0.15) is 0 Å². The van der Waals surface area contributed by atoms with Gasteiger partial charge >= 0.3 is 0 Å². The van der Waals surface area contributed by atoms with E-state index in [-0.39, 0.29) is 29.7 Å². The van der Waals surface area contributed by atoms with Crippen molar-refractivity contribution in [2.24, 2.45) is 5.92 Å². The molecule has 6 rings (SSSR count). The number of ether oxygens (including phenoxy) is 2. The van der Waals surface area contributed by atoms with E-state index in [9.17, 15) is 9.90 Å². The van der Waals surface area contributed by atoms with E-state index in [2.05, 4.69) is 21.9 Å². The fourth-order valence-corrected chi connectivity index (χ4v) is 6.97. The second-order valence-electron chi connectivity index (χ2n) is 12.1. The highest BCUT2D eigenvalue weighted by molar-refractivity contribution is 6.30. The summed E-state index contributed by atoms with van der Waals surface area (Å²) in [5, 5.41) is 12.6. The van der Waals surface area contributed by atoms with E-state index < -0.39 is 23.1 Å². The van der Waals surface area contributed by atoms with Crippen LogP contribution in [0.1, 0.15) is 71.0 Å². The number of amides is 1. The minimum Gasteiger partial charge on any atom is -0.385 e. The lowest BCUT2D eigenvalue weighted by Crippen LogP contribution is -2.49. The molecule has 1 amide bonds. The SMILES string of the molecule is CCC(O)(c1cc(F)c2c(c1)C(=O)N(Cc1ncc(C)cn1)[C@@]2(O[C@H]1CCOC1)c1ccc(Cl)cc1)C1CCN(C)CC1. The van der Waals surface area contributed by atoms with Gasteiger partial charge in [-0.15, -0.1) is 0 Å². The number of aryl methyl sites for hydroxylation is 1. The zero-order valence-corrected chi connectivity index (χ0v) is 25.6. The Morgan fingerprint density at radius 1 is 1.16 bits per heavy atom. The average Bonchev–Trinajstić information content (AvgIpc) is 3.60. The van der Waals surface area contributed by atoms with Gasteiger partial charge in [-0.3, -0.25) is 9.69 Å². The number of aromatic nitrogens is 2. The van der Waals surface area contributed by atoms with Crippen molar-refractivity contribution in [2.75, 3.05) is 33.4 Å². The van der Waals surface area contributed by atoms with Crippen LogP contribution in [0.4, 0.5) is 4.39 Å². The van der Waals surface area contributed by atoms with E-state index >= 15 is 4.39 Å². The van der Waals surface area contributed by atoms with Crippen LogP contribution in [-0.2, 0) is 27.3 Å². The normalized spacial score (nSPS) is 24.4. The molecule has 8 nitrogen and oxygen atoms in total. The summed E-state index contributed by atoms with van der Waals surface area (Å²) >= 11 is 6.28. The molecule has 0 bridgehead atoms. The van der Waals surface area contributed by atoms with Crippen LogP contribution in [0.3, 0.4) is 0 Å². The number of rotatable bonds is 8. The Bertz CT molecular complexity index is 1480. The fraction of sp³-hybridized carbons (Fsp3) is 0.485. The topological polar surface area (TPSA) is 88.0 Å². The molecule has 0 saturated carbocycles. The predicted molar refractivity (Wildman–Crippen MR) is 160 cm³/mol. The van der Waals surface area contributed by atoms with Crippen molar-refractivity contribution < 1.29 is 23.8 Å². The number of halogens is 2. The number of fused-ring (bicyclic) bond motifs is 1. The van der Waals surface area contributed by atoms with E-state index in [0.29, 0.717) is 48.0 Å². The van der Waals surface area contributed by atoms with E-state index in [4.69, 9.17) is 21.1 Å². The largest absolute Gasteiger partial charge is 0.385 e. The van der Waals surface area contributed by atoms with Gasteiger partial charge in [-0.25, -0.2) is 14.4 Å². The number of carbonyl (C=O) groups is 1. The molecule has 2 fully saturated rings. The molecule has 2 saturated heterocycles. The maximum atomic E-state index is 16.9. The van der Waals surface area contributed by atoms with Crippen molar-refractivity contribution in [2.45, 2.75) is 63.5 Å². The molecule has 3 aliphatic heterocycles. The molecule has 0 spiro atoms. The first-order valence-electron chi connectivity index (χ1n) is 15.0. The summed E-state index contributed by atoms with van der Waals surface area (Å²) in [6.45, 7) is 6.29. The van der Waals surface area contributed by atoms with Gasteiger partial charge in [0.25, 0.3) is 5.91 Å². The highest BCUT2D eigenvalue weighted by atomic mass is 35.5. The Morgan fingerprint density at radius 3 is 2.49 bits per heavy atom. The van der Waals surface area contributed by atoms with Crippen LogP contribution in [-0.4, -0.2) is 70.2 Å². The number of hydrogen-bond donors (Lipinski definition) is 1. The average molecular weight is 609 g/mol. The highest BCUT2D eigenvalue weighted by Crippen LogP contribution is 2.50. The van der Waals surface area contributed by atoms with Crippen molar-refractivity contribution in [3.05, 3.63) is 93.3 Å². The predicted octanol–water partition coefficient (Wildman–Crippen LogP) is 5.18. The van der Waals surface area contributed by atoms with E-state index in [1.165, 1.54) is 11.0 Å². The number of hydrogen-bond acceptors (Lipinski definition) is 7. The van der Waals surface area contributed by atoms with Crippen LogP contribution >= 0.6 is 11.6 Å². The van der Waals surface area contributed by atoms with Gasteiger partial charge in [0.1, 0.15) is 11.6 Å². The molecule has 0 radical (unpaired) electrons. The maximum absolute atomic E-state index is 16.9. The minimum atomic E-state index is -1.63. The van der Waals surface area contributed by atoms with E-state index in [0.717, 1.165) is 31.5 Å². The zero-order valence-electron chi connectivity index (χ0n) is 24.9. The molecule has 43 heavy (non-hydrogen) atoms. The van der Waals surface area contributed by atoms with Crippen molar-refractivity contribution >= 4 is 17.5 Å². The Kier molecular flexibility index (Phi) is 8.30. The second-order valence-corrected chi connectivity index (χ2v) is 12.5. The molecule has 4 heterocycles. The van der Waals surface area contributed by atoms with Crippen LogP contribution in [0.15, 0.2) is 48.8 Å². The third-order valence-electron chi connectivity index (χ3n) is 9.31. The smallest absolute Gasteiger partial charge is 0.257 e. The quantitative estimate of drug-likeness (QED) is 0.377. The number of aliphatic hydroxyl groups is 1. The van der Waals surface area contributed by atoms with E-state index in [1.54, 1.807) is 42.7 Å². The molecule has 2 aromatic carbocycles. The molecule has 228 valence electrons. The first-order valence-corrected chi connectivity index (χ1v) is 15.4. The van der Waals surface area contributed by atoms with Gasteiger partial charge in [0.2, 0.25) is 5.72 Å². The molecule has 0 aliphatic carbocycles. The molecule has 1 unspecified atom stereocenters. The molecule has 3 aliphatic rings. The first-order chi connectivity index (χ1) is 20.7. The Labute approximate surface area is 256 Å². The highest BCUT2D eigenvalue weighted by Gasteiger charge is 2.56. The summed E-state index contributed by atoms with van der Waals surface area (Å²) < 4.78 is 29.3. The maximum Gasteiger partial charge on any atom is 0.257 e. The summed E-state index contributed by atoms with van der Waals surface area (Å²) in [6.07, 6.45) is 5.54. The lowest BCUT2D eigenvalue weighted by atomic mass is 9.73. The number of likely N-dealkylation sites (tertiary alicyclic amines) is 1. The monoisotopic (exact) mass is 608 g/mol. The van der Waals surface area contributed by atoms with Crippen LogP contribution in [0.2, 0.25) is 5.02 Å². The third kappa shape index (κ3) is 5.36. The van der Waals surface area contributed by atoms with Crippen LogP contribution in [0, 0.1) is 18.7 Å². The summed E-state index contributed by atoms with van der Waals surface area (Å²) in [4.78, 5) is 27.2. The lowest BCUT2D eigenvalue weighted by Gasteiger charge is -2.41. The van der Waals surface area contributed by atoms with E-state index in [1.807, 2.05) is 13.8 Å². The van der Waals surface area contributed by atoms with Crippen LogP contribution in [0.25, 0.3) is 0 Å². The summed E-state index contributed by atoms with van der Waals surface area (Å²) in [5.41, 5.74) is -0.794. The van der Waals surface area contributed by atoms with Crippen molar-refractivity contribution in [1.29, 1.82) is 0 Å². The minimum absolute atomic E-state index is 0.0220. The molecule has 3 atom stereocenters. The number of benzene rings is 2. The standard InChI is InChI=1S/C33H38ClFN4O4/c1-4-32(41,22-9-12-38(3)13-10-22)24-15-27-30(28(35)16-24)33(43-26-11-14-42-20-26,23-5-7-25(34)8-6-23)39(31(27)40)19-29-36-17-21(2)18-37-29/h5-8,15-18,22,26,41H,4,9-14,19-20H2,1-3H3/t26-,32?,33+/m0/s1. The Hall–Kier alpha value is -2.95. The van der Waals surface area contributed by atoms with Gasteiger partial charge in [0.15, 0.2) is 0 Å². The summed E-state index contributed by atoms with van der Waals surface area (Å²) in [7, 11) is 2.06. The van der Waals surface area contributed by atoms with Gasteiger partial charge in [-0.05, 0) is 94.1 Å². The molecular formula is C33H38ClFN4O4. The van der Waals surface area contributed by atoms with Gasteiger partial charge in [-0.1, -0.05) is 30.7 Å². The molecule has 10 heteroatoms. The first kappa shape index (κ1) is 30.1. The second kappa shape index (κ2) is 11.9. The molecule has 3 aromatic rings. The zero-order chi connectivity index (χ0) is 30.4.